The van der Waals surface area contributed by atoms with Crippen LogP contribution in [0.15, 0.2) is 41.4 Å². The van der Waals surface area contributed by atoms with Gasteiger partial charge in [0.2, 0.25) is 6.39 Å². The van der Waals surface area contributed by atoms with Gasteiger partial charge in [0.05, 0.1) is 36.8 Å². The standard InChI is InChI=1S/C16H18N6O2/c1-12-4-2-3-5-14(12)22-9-13(18-20-22)8-21-6-7-23-10-15(21)16-17-11-24-19-16/h2-5,9,11,15H,6-8,10H2,1H3. The molecule has 8 heteroatoms. The Balaban J connectivity index is 1.54. The fourth-order valence-electron chi connectivity index (χ4n) is 2.91. The van der Waals surface area contributed by atoms with Crippen LogP contribution in [0.1, 0.15) is 23.1 Å². The van der Waals surface area contributed by atoms with Crippen molar-refractivity contribution in [2.75, 3.05) is 19.8 Å². The van der Waals surface area contributed by atoms with Crippen LogP contribution >= 0.6 is 0 Å². The maximum atomic E-state index is 5.56. The Morgan fingerprint density at radius 3 is 3.04 bits per heavy atom. The minimum absolute atomic E-state index is 0.0267. The fraction of sp³-hybridized carbons (Fsp3) is 0.375. The highest BCUT2D eigenvalue weighted by atomic mass is 16.5. The zero-order chi connectivity index (χ0) is 16.4. The van der Waals surface area contributed by atoms with Crippen LogP contribution in [0.5, 0.6) is 0 Å². The molecular weight excluding hydrogens is 308 g/mol. The Hall–Kier alpha value is -2.58. The summed E-state index contributed by atoms with van der Waals surface area (Å²) < 4.78 is 12.2. The summed E-state index contributed by atoms with van der Waals surface area (Å²) in [7, 11) is 0. The van der Waals surface area contributed by atoms with Crippen LogP contribution in [0.25, 0.3) is 5.69 Å². The lowest BCUT2D eigenvalue weighted by Crippen LogP contribution is -2.39. The fourth-order valence-corrected chi connectivity index (χ4v) is 2.91. The minimum Gasteiger partial charge on any atom is -0.378 e. The molecule has 1 aromatic carbocycles. The van der Waals surface area contributed by atoms with Crippen LogP contribution in [0.4, 0.5) is 0 Å². The Labute approximate surface area is 139 Å². The molecule has 4 rings (SSSR count). The lowest BCUT2D eigenvalue weighted by atomic mass is 10.2. The molecule has 8 nitrogen and oxygen atoms in total. The molecule has 0 N–H and O–H groups in total. The number of para-hydroxylation sites is 1. The second-order valence-electron chi connectivity index (χ2n) is 5.79. The van der Waals surface area contributed by atoms with Crippen molar-refractivity contribution in [1.29, 1.82) is 0 Å². The first-order valence-electron chi connectivity index (χ1n) is 7.86. The number of nitrogens with zero attached hydrogens (tertiary/aromatic N) is 6. The first kappa shape index (κ1) is 15.0. The van der Waals surface area contributed by atoms with Crippen molar-refractivity contribution in [1.82, 2.24) is 30.0 Å². The molecule has 24 heavy (non-hydrogen) atoms. The van der Waals surface area contributed by atoms with Gasteiger partial charge < -0.3 is 9.26 Å². The van der Waals surface area contributed by atoms with Gasteiger partial charge in [-0.3, -0.25) is 4.90 Å². The number of benzene rings is 1. The van der Waals surface area contributed by atoms with Gasteiger partial charge in [-0.2, -0.15) is 4.98 Å². The number of rotatable bonds is 4. The highest BCUT2D eigenvalue weighted by Crippen LogP contribution is 2.23. The summed E-state index contributed by atoms with van der Waals surface area (Å²) in [4.78, 5) is 6.39. The Bertz CT molecular complexity index is 801. The first-order chi connectivity index (χ1) is 11.8. The van der Waals surface area contributed by atoms with Crippen molar-refractivity contribution in [2.45, 2.75) is 19.5 Å². The average molecular weight is 326 g/mol. The number of ether oxygens (including phenoxy) is 1. The van der Waals surface area contributed by atoms with Gasteiger partial charge in [-0.15, -0.1) is 5.10 Å². The number of hydrogen-bond acceptors (Lipinski definition) is 7. The molecule has 3 heterocycles. The maximum Gasteiger partial charge on any atom is 0.213 e. The first-order valence-corrected chi connectivity index (χ1v) is 7.86. The summed E-state index contributed by atoms with van der Waals surface area (Å²) in [5.41, 5.74) is 3.09. The minimum atomic E-state index is -0.0267. The van der Waals surface area contributed by atoms with Crippen LogP contribution in [0, 0.1) is 6.92 Å². The average Bonchev–Trinajstić information content (AvgIpc) is 3.28. The molecule has 1 atom stereocenters. The SMILES string of the molecule is Cc1ccccc1-n1cc(CN2CCOCC2c2ncon2)nn1. The Kier molecular flexibility index (Phi) is 4.06. The van der Waals surface area contributed by atoms with E-state index in [1.807, 2.05) is 29.1 Å². The van der Waals surface area contributed by atoms with Crippen LogP contribution in [0.3, 0.4) is 0 Å². The smallest absolute Gasteiger partial charge is 0.213 e. The van der Waals surface area contributed by atoms with Crippen molar-refractivity contribution in [2.24, 2.45) is 0 Å². The van der Waals surface area contributed by atoms with E-state index in [1.54, 1.807) is 0 Å². The van der Waals surface area contributed by atoms with Gasteiger partial charge in [-0.05, 0) is 18.6 Å². The zero-order valence-corrected chi connectivity index (χ0v) is 13.4. The molecule has 1 fully saturated rings. The third-order valence-electron chi connectivity index (χ3n) is 4.18. The third-order valence-corrected chi connectivity index (χ3v) is 4.18. The van der Waals surface area contributed by atoms with E-state index in [0.717, 1.165) is 23.5 Å². The second kappa shape index (κ2) is 6.50. The van der Waals surface area contributed by atoms with E-state index < -0.39 is 0 Å². The van der Waals surface area contributed by atoms with Crippen molar-refractivity contribution in [3.63, 3.8) is 0 Å². The molecule has 0 spiro atoms. The summed E-state index contributed by atoms with van der Waals surface area (Å²) in [5, 5.41) is 12.5. The molecule has 0 radical (unpaired) electrons. The molecular formula is C16H18N6O2. The van der Waals surface area contributed by atoms with Crippen LogP contribution in [0.2, 0.25) is 0 Å². The number of aromatic nitrogens is 5. The van der Waals surface area contributed by atoms with E-state index in [1.165, 1.54) is 6.39 Å². The summed E-state index contributed by atoms with van der Waals surface area (Å²) in [5.74, 6) is 0.640. The summed E-state index contributed by atoms with van der Waals surface area (Å²) in [6.07, 6.45) is 3.31. The Morgan fingerprint density at radius 2 is 2.21 bits per heavy atom. The molecule has 0 saturated carbocycles. The van der Waals surface area contributed by atoms with Gasteiger partial charge in [-0.25, -0.2) is 4.68 Å². The molecule has 1 saturated heterocycles. The molecule has 3 aromatic rings. The van der Waals surface area contributed by atoms with Crippen molar-refractivity contribution in [3.8, 4) is 5.69 Å². The van der Waals surface area contributed by atoms with E-state index in [0.29, 0.717) is 25.6 Å². The van der Waals surface area contributed by atoms with E-state index in [2.05, 4.69) is 38.3 Å². The molecule has 1 aliphatic rings. The van der Waals surface area contributed by atoms with Gasteiger partial charge in [0.15, 0.2) is 5.82 Å². The molecule has 124 valence electrons. The van der Waals surface area contributed by atoms with Crippen molar-refractivity contribution in [3.05, 3.63) is 53.9 Å². The van der Waals surface area contributed by atoms with Gasteiger partial charge in [0.25, 0.3) is 0 Å². The largest absolute Gasteiger partial charge is 0.378 e. The topological polar surface area (TPSA) is 82.1 Å². The summed E-state index contributed by atoms with van der Waals surface area (Å²) in [6.45, 7) is 4.74. The van der Waals surface area contributed by atoms with Crippen molar-refractivity contribution < 1.29 is 9.26 Å². The molecule has 1 aliphatic heterocycles. The van der Waals surface area contributed by atoms with E-state index >= 15 is 0 Å². The molecule has 0 amide bonds. The summed E-state index contributed by atoms with van der Waals surface area (Å²) >= 11 is 0. The van der Waals surface area contributed by atoms with E-state index in [-0.39, 0.29) is 6.04 Å². The van der Waals surface area contributed by atoms with Crippen LogP contribution in [-0.2, 0) is 11.3 Å². The third kappa shape index (κ3) is 2.93. The van der Waals surface area contributed by atoms with Gasteiger partial charge in [0, 0.05) is 13.1 Å². The number of hydrogen-bond donors (Lipinski definition) is 0. The predicted molar refractivity (Wildman–Crippen MR) is 84.4 cm³/mol. The van der Waals surface area contributed by atoms with Gasteiger partial charge in [-0.1, -0.05) is 28.6 Å². The number of aryl methyl sites for hydroxylation is 1. The maximum absolute atomic E-state index is 5.56. The van der Waals surface area contributed by atoms with Crippen LogP contribution < -0.4 is 0 Å². The quantitative estimate of drug-likeness (QED) is 0.719. The molecule has 0 aliphatic carbocycles. The highest BCUT2D eigenvalue weighted by Gasteiger charge is 2.28. The molecule has 0 bridgehead atoms. The summed E-state index contributed by atoms with van der Waals surface area (Å²) in [6, 6.07) is 8.08. The monoisotopic (exact) mass is 326 g/mol. The zero-order valence-electron chi connectivity index (χ0n) is 13.4. The lowest BCUT2D eigenvalue weighted by molar-refractivity contribution is -0.0171. The molecule has 1 unspecified atom stereocenters. The Morgan fingerprint density at radius 1 is 1.29 bits per heavy atom. The predicted octanol–water partition coefficient (Wildman–Crippen LogP) is 1.53. The molecule has 2 aromatic heterocycles. The normalized spacial score (nSPS) is 18.8. The van der Waals surface area contributed by atoms with E-state index in [4.69, 9.17) is 9.26 Å². The van der Waals surface area contributed by atoms with Gasteiger partial charge >= 0.3 is 0 Å². The highest BCUT2D eigenvalue weighted by molar-refractivity contribution is 5.38. The van der Waals surface area contributed by atoms with Crippen LogP contribution in [-0.4, -0.2) is 49.8 Å². The lowest BCUT2D eigenvalue weighted by Gasteiger charge is -2.32. The van der Waals surface area contributed by atoms with Crippen molar-refractivity contribution >= 4 is 0 Å². The second-order valence-corrected chi connectivity index (χ2v) is 5.79. The van der Waals surface area contributed by atoms with Gasteiger partial charge in [0.1, 0.15) is 0 Å². The number of morpholine rings is 1. The van der Waals surface area contributed by atoms with E-state index in [9.17, 15) is 0 Å².